The molecule has 2 saturated heterocycles. The fourth-order valence-corrected chi connectivity index (χ4v) is 3.11. The average molecular weight is 348 g/mol. The molecule has 0 spiro atoms. The maximum absolute atomic E-state index is 13.7. The van der Waals surface area contributed by atoms with Gasteiger partial charge in [-0.15, -0.1) is 0 Å². The van der Waals surface area contributed by atoms with E-state index in [0.29, 0.717) is 44.7 Å². The maximum Gasteiger partial charge on any atom is 0.322 e. The van der Waals surface area contributed by atoms with Crippen LogP contribution in [-0.2, 0) is 16.1 Å². The predicted molar refractivity (Wildman–Crippen MR) is 88.0 cm³/mol. The van der Waals surface area contributed by atoms with Crippen LogP contribution < -0.4 is 10.6 Å². The zero-order valence-corrected chi connectivity index (χ0v) is 13.8. The number of imide groups is 1. The fourth-order valence-electron chi connectivity index (χ4n) is 3.11. The van der Waals surface area contributed by atoms with Crippen LogP contribution in [0.1, 0.15) is 18.4 Å². The van der Waals surface area contributed by atoms with Crippen molar-refractivity contribution in [1.82, 2.24) is 20.4 Å². The monoisotopic (exact) mass is 348 g/mol. The molecule has 8 heteroatoms. The number of nitrogens with one attached hydrogen (secondary N) is 2. The lowest BCUT2D eigenvalue weighted by atomic mass is 10.1. The largest absolute Gasteiger partial charge is 0.340 e. The van der Waals surface area contributed by atoms with E-state index in [2.05, 4.69) is 15.5 Å². The van der Waals surface area contributed by atoms with E-state index in [1.807, 2.05) is 6.07 Å². The van der Waals surface area contributed by atoms with Gasteiger partial charge in [0.25, 0.3) is 5.91 Å². The Bertz CT molecular complexity index is 674. The summed E-state index contributed by atoms with van der Waals surface area (Å²) < 4.78 is 13.7. The number of rotatable bonds is 5. The Morgan fingerprint density at radius 1 is 1.16 bits per heavy atom. The number of halogens is 1. The van der Waals surface area contributed by atoms with Crippen LogP contribution in [0.5, 0.6) is 0 Å². The van der Waals surface area contributed by atoms with Crippen molar-refractivity contribution in [3.05, 3.63) is 35.6 Å². The SMILES string of the molecule is O=C1NC(=O)C(CCC(=O)N2CCN(Cc3ccccc3F)CC2)N1. The highest BCUT2D eigenvalue weighted by molar-refractivity contribution is 6.04. The van der Waals surface area contributed by atoms with Gasteiger partial charge < -0.3 is 10.2 Å². The Morgan fingerprint density at radius 2 is 1.88 bits per heavy atom. The average Bonchev–Trinajstić information content (AvgIpc) is 2.93. The number of carbonyl (C=O) groups is 3. The van der Waals surface area contributed by atoms with Crippen LogP contribution in [0, 0.1) is 5.82 Å². The Balaban J connectivity index is 1.42. The molecule has 0 saturated carbocycles. The van der Waals surface area contributed by atoms with Gasteiger partial charge in [0.05, 0.1) is 0 Å². The number of carbonyl (C=O) groups excluding carboxylic acids is 3. The lowest BCUT2D eigenvalue weighted by Gasteiger charge is -2.35. The molecule has 134 valence electrons. The number of hydrogen-bond acceptors (Lipinski definition) is 4. The van der Waals surface area contributed by atoms with E-state index in [4.69, 9.17) is 0 Å². The van der Waals surface area contributed by atoms with Gasteiger partial charge in [0, 0.05) is 44.7 Å². The standard InChI is InChI=1S/C17H21FN4O3/c18-13-4-2-1-3-12(13)11-21-7-9-22(10-8-21)15(23)6-5-14-16(24)20-17(25)19-14/h1-4,14H,5-11H2,(H2,19,20,24,25). The second-order valence-corrected chi connectivity index (χ2v) is 6.30. The van der Waals surface area contributed by atoms with Crippen LogP contribution >= 0.6 is 0 Å². The van der Waals surface area contributed by atoms with Crippen molar-refractivity contribution >= 4 is 17.8 Å². The van der Waals surface area contributed by atoms with Crippen LogP contribution in [-0.4, -0.2) is 59.9 Å². The molecule has 1 aromatic rings. The van der Waals surface area contributed by atoms with Crippen molar-refractivity contribution in [3.63, 3.8) is 0 Å². The van der Waals surface area contributed by atoms with Crippen molar-refractivity contribution in [3.8, 4) is 0 Å². The second kappa shape index (κ2) is 7.60. The second-order valence-electron chi connectivity index (χ2n) is 6.30. The van der Waals surface area contributed by atoms with E-state index in [9.17, 15) is 18.8 Å². The van der Waals surface area contributed by atoms with E-state index in [1.165, 1.54) is 6.07 Å². The molecular formula is C17H21FN4O3. The summed E-state index contributed by atoms with van der Waals surface area (Å²) in [5.74, 6) is -0.620. The first kappa shape index (κ1) is 17.3. The van der Waals surface area contributed by atoms with Gasteiger partial charge in [0.1, 0.15) is 11.9 Å². The molecule has 2 N–H and O–H groups in total. The topological polar surface area (TPSA) is 81.8 Å². The van der Waals surface area contributed by atoms with Crippen molar-refractivity contribution in [2.45, 2.75) is 25.4 Å². The van der Waals surface area contributed by atoms with Crippen LogP contribution in [0.4, 0.5) is 9.18 Å². The van der Waals surface area contributed by atoms with Crippen molar-refractivity contribution in [2.75, 3.05) is 26.2 Å². The summed E-state index contributed by atoms with van der Waals surface area (Å²) >= 11 is 0. The van der Waals surface area contributed by atoms with Gasteiger partial charge in [-0.25, -0.2) is 9.18 Å². The summed E-state index contributed by atoms with van der Waals surface area (Å²) in [4.78, 5) is 38.7. The molecule has 4 amide bonds. The van der Waals surface area contributed by atoms with Crippen LogP contribution in [0.25, 0.3) is 0 Å². The first-order valence-electron chi connectivity index (χ1n) is 8.38. The van der Waals surface area contributed by atoms with E-state index in [-0.39, 0.29) is 24.1 Å². The molecule has 7 nitrogen and oxygen atoms in total. The van der Waals surface area contributed by atoms with E-state index >= 15 is 0 Å². The minimum Gasteiger partial charge on any atom is -0.340 e. The van der Waals surface area contributed by atoms with Gasteiger partial charge in [-0.1, -0.05) is 18.2 Å². The van der Waals surface area contributed by atoms with E-state index in [1.54, 1.807) is 17.0 Å². The van der Waals surface area contributed by atoms with Crippen LogP contribution in [0.15, 0.2) is 24.3 Å². The molecule has 0 radical (unpaired) electrons. The van der Waals surface area contributed by atoms with Gasteiger partial charge in [0.15, 0.2) is 0 Å². The molecule has 3 rings (SSSR count). The van der Waals surface area contributed by atoms with Crippen molar-refractivity contribution in [1.29, 1.82) is 0 Å². The Hall–Kier alpha value is -2.48. The molecule has 2 heterocycles. The minimum atomic E-state index is -0.626. The Morgan fingerprint density at radius 3 is 2.52 bits per heavy atom. The summed E-state index contributed by atoms with van der Waals surface area (Å²) in [5.41, 5.74) is 0.658. The number of nitrogens with zero attached hydrogens (tertiary/aromatic N) is 2. The number of hydrogen-bond donors (Lipinski definition) is 2. The molecule has 2 aliphatic rings. The number of piperazine rings is 1. The summed E-state index contributed by atoms with van der Waals surface area (Å²) in [6.45, 7) is 3.05. The third-order valence-corrected chi connectivity index (χ3v) is 4.58. The first-order chi connectivity index (χ1) is 12.0. The van der Waals surface area contributed by atoms with E-state index in [0.717, 1.165) is 0 Å². The first-order valence-corrected chi connectivity index (χ1v) is 8.38. The summed E-state index contributed by atoms with van der Waals surface area (Å²) in [7, 11) is 0. The van der Waals surface area contributed by atoms with Gasteiger partial charge in [-0.05, 0) is 12.5 Å². The minimum absolute atomic E-state index is 0.0282. The fraction of sp³-hybridized carbons (Fsp3) is 0.471. The van der Waals surface area contributed by atoms with Gasteiger partial charge in [0.2, 0.25) is 5.91 Å². The molecule has 1 atom stereocenters. The Labute approximate surface area is 145 Å². The predicted octanol–water partition coefficient (Wildman–Crippen LogP) is 0.458. The molecule has 1 unspecified atom stereocenters. The number of amides is 4. The number of urea groups is 1. The molecule has 2 aliphatic heterocycles. The smallest absolute Gasteiger partial charge is 0.322 e. The zero-order valence-electron chi connectivity index (χ0n) is 13.8. The van der Waals surface area contributed by atoms with Crippen LogP contribution in [0.2, 0.25) is 0 Å². The van der Waals surface area contributed by atoms with E-state index < -0.39 is 12.1 Å². The summed E-state index contributed by atoms with van der Waals surface area (Å²) in [6.07, 6.45) is 0.511. The maximum atomic E-state index is 13.7. The van der Waals surface area contributed by atoms with Gasteiger partial charge in [-0.2, -0.15) is 0 Å². The quantitative estimate of drug-likeness (QED) is 0.758. The molecular weight excluding hydrogens is 327 g/mol. The molecule has 0 bridgehead atoms. The molecule has 2 fully saturated rings. The summed E-state index contributed by atoms with van der Waals surface area (Å²) in [5, 5.41) is 4.64. The lowest BCUT2D eigenvalue weighted by molar-refractivity contribution is -0.133. The molecule has 0 aliphatic carbocycles. The summed E-state index contributed by atoms with van der Waals surface area (Å²) in [6, 6.07) is 5.57. The third kappa shape index (κ3) is 4.33. The highest BCUT2D eigenvalue weighted by atomic mass is 19.1. The molecule has 0 aromatic heterocycles. The van der Waals surface area contributed by atoms with Gasteiger partial charge >= 0.3 is 6.03 Å². The number of benzene rings is 1. The third-order valence-electron chi connectivity index (χ3n) is 4.58. The van der Waals surface area contributed by atoms with Crippen molar-refractivity contribution < 1.29 is 18.8 Å². The van der Waals surface area contributed by atoms with Crippen molar-refractivity contribution in [2.24, 2.45) is 0 Å². The zero-order chi connectivity index (χ0) is 17.8. The Kier molecular flexibility index (Phi) is 5.28. The highest BCUT2D eigenvalue weighted by Crippen LogP contribution is 2.13. The molecule has 1 aromatic carbocycles. The highest BCUT2D eigenvalue weighted by Gasteiger charge is 2.30. The normalized spacial score (nSPS) is 21.2. The molecule has 25 heavy (non-hydrogen) atoms. The van der Waals surface area contributed by atoms with Gasteiger partial charge in [-0.3, -0.25) is 19.8 Å². The van der Waals surface area contributed by atoms with Crippen LogP contribution in [0.3, 0.4) is 0 Å². The lowest BCUT2D eigenvalue weighted by Crippen LogP contribution is -2.48.